The molecule has 1 heteroatoms. The standard InChI is InChI=1S/C23H18O/c1-16-8-7-13-20(16)21-14-18-11-5-6-12-19(18)15-22(21)23(24)17-9-3-2-4-10-17/h2-15,20H,1H3. The lowest BCUT2D eigenvalue weighted by Crippen LogP contribution is -2.08. The van der Waals surface area contributed by atoms with Crippen LogP contribution in [0, 0.1) is 0 Å². The Morgan fingerprint density at radius 1 is 0.875 bits per heavy atom. The second-order valence-corrected chi connectivity index (χ2v) is 6.26. The molecular weight excluding hydrogens is 292 g/mol. The number of hydrogen-bond acceptors (Lipinski definition) is 1. The van der Waals surface area contributed by atoms with Gasteiger partial charge in [0.1, 0.15) is 0 Å². The zero-order valence-corrected chi connectivity index (χ0v) is 13.6. The fraction of sp³-hybridized carbons (Fsp3) is 0.0870. The molecule has 1 aliphatic rings. The summed E-state index contributed by atoms with van der Waals surface area (Å²) in [4.78, 5) is 13.1. The van der Waals surface area contributed by atoms with Crippen LogP contribution in [0.1, 0.15) is 34.3 Å². The highest BCUT2D eigenvalue weighted by Gasteiger charge is 2.22. The molecule has 0 aliphatic heterocycles. The van der Waals surface area contributed by atoms with E-state index < -0.39 is 0 Å². The van der Waals surface area contributed by atoms with Crippen LogP contribution < -0.4 is 0 Å². The predicted octanol–water partition coefficient (Wildman–Crippen LogP) is 5.67. The van der Waals surface area contributed by atoms with Gasteiger partial charge in [-0.1, -0.05) is 78.4 Å². The number of allylic oxidation sites excluding steroid dienone is 4. The van der Waals surface area contributed by atoms with Gasteiger partial charge in [-0.05, 0) is 35.4 Å². The minimum Gasteiger partial charge on any atom is -0.289 e. The summed E-state index contributed by atoms with van der Waals surface area (Å²) in [6.07, 6.45) is 6.36. The predicted molar refractivity (Wildman–Crippen MR) is 99.5 cm³/mol. The Hall–Kier alpha value is -2.93. The molecule has 0 fully saturated rings. The Kier molecular flexibility index (Phi) is 3.62. The van der Waals surface area contributed by atoms with Crippen LogP contribution in [0.25, 0.3) is 10.8 Å². The number of fused-ring (bicyclic) bond motifs is 1. The Bertz CT molecular complexity index is 977. The number of ketones is 1. The molecule has 0 N–H and O–H groups in total. The lowest BCUT2D eigenvalue weighted by molar-refractivity contribution is 0.103. The first-order chi connectivity index (χ1) is 11.7. The highest BCUT2D eigenvalue weighted by molar-refractivity contribution is 6.12. The SMILES string of the molecule is CC1=CC=CC1c1cc2ccccc2cc1C(=O)c1ccccc1. The van der Waals surface area contributed by atoms with Crippen molar-refractivity contribution in [2.45, 2.75) is 12.8 Å². The largest absolute Gasteiger partial charge is 0.289 e. The second kappa shape index (κ2) is 5.93. The summed E-state index contributed by atoms with van der Waals surface area (Å²) in [5.74, 6) is 0.265. The molecule has 1 unspecified atom stereocenters. The number of carbonyl (C=O) groups is 1. The van der Waals surface area contributed by atoms with E-state index in [4.69, 9.17) is 0 Å². The molecule has 3 aromatic carbocycles. The maximum atomic E-state index is 13.1. The maximum absolute atomic E-state index is 13.1. The van der Waals surface area contributed by atoms with E-state index in [9.17, 15) is 4.79 Å². The molecule has 0 bridgehead atoms. The summed E-state index contributed by atoms with van der Waals surface area (Å²) in [6, 6.07) is 22.0. The highest BCUT2D eigenvalue weighted by atomic mass is 16.1. The van der Waals surface area contributed by atoms with Gasteiger partial charge in [-0.15, -0.1) is 0 Å². The molecule has 116 valence electrons. The van der Waals surface area contributed by atoms with Crippen molar-refractivity contribution in [1.82, 2.24) is 0 Å². The molecule has 1 nitrogen and oxygen atoms in total. The van der Waals surface area contributed by atoms with Crippen LogP contribution in [-0.2, 0) is 0 Å². The third kappa shape index (κ3) is 2.48. The van der Waals surface area contributed by atoms with Crippen LogP contribution >= 0.6 is 0 Å². The summed E-state index contributed by atoms with van der Waals surface area (Å²) in [5, 5.41) is 2.27. The van der Waals surface area contributed by atoms with Gasteiger partial charge < -0.3 is 0 Å². The highest BCUT2D eigenvalue weighted by Crippen LogP contribution is 2.35. The molecule has 0 saturated heterocycles. The normalized spacial score (nSPS) is 16.4. The van der Waals surface area contributed by atoms with E-state index in [1.807, 2.05) is 48.5 Å². The minimum atomic E-state index is 0.0875. The van der Waals surface area contributed by atoms with E-state index in [1.165, 1.54) is 11.0 Å². The van der Waals surface area contributed by atoms with Crippen molar-refractivity contribution >= 4 is 16.6 Å². The summed E-state index contributed by atoms with van der Waals surface area (Å²) < 4.78 is 0. The van der Waals surface area contributed by atoms with Crippen molar-refractivity contribution in [2.75, 3.05) is 0 Å². The Morgan fingerprint density at radius 2 is 1.54 bits per heavy atom. The summed E-state index contributed by atoms with van der Waals surface area (Å²) in [6.45, 7) is 2.12. The van der Waals surface area contributed by atoms with E-state index >= 15 is 0 Å². The molecule has 0 amide bonds. The monoisotopic (exact) mass is 310 g/mol. The zero-order valence-electron chi connectivity index (χ0n) is 13.6. The van der Waals surface area contributed by atoms with Crippen LogP contribution in [0.3, 0.4) is 0 Å². The quantitative estimate of drug-likeness (QED) is 0.570. The van der Waals surface area contributed by atoms with Gasteiger partial charge in [-0.3, -0.25) is 4.79 Å². The average molecular weight is 310 g/mol. The van der Waals surface area contributed by atoms with E-state index in [-0.39, 0.29) is 11.7 Å². The first-order valence-corrected chi connectivity index (χ1v) is 8.21. The van der Waals surface area contributed by atoms with E-state index in [1.54, 1.807) is 0 Å². The van der Waals surface area contributed by atoms with Crippen molar-refractivity contribution in [3.63, 3.8) is 0 Å². The molecule has 0 spiro atoms. The van der Waals surface area contributed by atoms with Crippen LogP contribution in [0.4, 0.5) is 0 Å². The molecule has 1 aliphatic carbocycles. The Balaban J connectivity index is 1.94. The molecule has 1 atom stereocenters. The first-order valence-electron chi connectivity index (χ1n) is 8.21. The Morgan fingerprint density at radius 3 is 2.21 bits per heavy atom. The third-order valence-corrected chi connectivity index (χ3v) is 4.69. The lowest BCUT2D eigenvalue weighted by Gasteiger charge is -2.17. The molecule has 3 aromatic rings. The van der Waals surface area contributed by atoms with Crippen LogP contribution in [0.5, 0.6) is 0 Å². The van der Waals surface area contributed by atoms with Gasteiger partial charge in [0.25, 0.3) is 0 Å². The fourth-order valence-electron chi connectivity index (χ4n) is 3.38. The van der Waals surface area contributed by atoms with E-state index in [0.29, 0.717) is 0 Å². The van der Waals surface area contributed by atoms with Crippen LogP contribution in [0.2, 0.25) is 0 Å². The van der Waals surface area contributed by atoms with Crippen molar-refractivity contribution in [1.29, 1.82) is 0 Å². The topological polar surface area (TPSA) is 17.1 Å². The molecule has 0 heterocycles. The van der Waals surface area contributed by atoms with Gasteiger partial charge >= 0.3 is 0 Å². The number of hydrogen-bond donors (Lipinski definition) is 0. The van der Waals surface area contributed by atoms with Gasteiger partial charge in [-0.2, -0.15) is 0 Å². The summed E-state index contributed by atoms with van der Waals surface area (Å²) in [7, 11) is 0. The fourth-order valence-corrected chi connectivity index (χ4v) is 3.38. The van der Waals surface area contributed by atoms with Crippen molar-refractivity contribution in [3.05, 3.63) is 107 Å². The second-order valence-electron chi connectivity index (χ2n) is 6.26. The van der Waals surface area contributed by atoms with E-state index in [2.05, 4.69) is 43.4 Å². The number of benzene rings is 3. The first kappa shape index (κ1) is 14.6. The zero-order chi connectivity index (χ0) is 16.5. The molecule has 24 heavy (non-hydrogen) atoms. The van der Waals surface area contributed by atoms with Gasteiger partial charge in [-0.25, -0.2) is 0 Å². The van der Waals surface area contributed by atoms with Gasteiger partial charge in [0.15, 0.2) is 5.78 Å². The van der Waals surface area contributed by atoms with Gasteiger partial charge in [0.05, 0.1) is 0 Å². The summed E-state index contributed by atoms with van der Waals surface area (Å²) in [5.41, 5.74) is 3.89. The molecule has 0 radical (unpaired) electrons. The van der Waals surface area contributed by atoms with Gasteiger partial charge in [0, 0.05) is 17.0 Å². The molecule has 4 rings (SSSR count). The number of carbonyl (C=O) groups excluding carboxylic acids is 1. The molecule has 0 saturated carbocycles. The minimum absolute atomic E-state index is 0.0875. The van der Waals surface area contributed by atoms with E-state index in [0.717, 1.165) is 22.1 Å². The maximum Gasteiger partial charge on any atom is 0.193 e. The molecular formula is C23H18O. The Labute approximate surface area is 142 Å². The van der Waals surface area contributed by atoms with Crippen molar-refractivity contribution in [3.8, 4) is 0 Å². The smallest absolute Gasteiger partial charge is 0.193 e. The number of rotatable bonds is 3. The molecule has 0 aromatic heterocycles. The lowest BCUT2D eigenvalue weighted by atomic mass is 9.86. The van der Waals surface area contributed by atoms with Crippen molar-refractivity contribution in [2.24, 2.45) is 0 Å². The summed E-state index contributed by atoms with van der Waals surface area (Å²) >= 11 is 0. The van der Waals surface area contributed by atoms with Gasteiger partial charge in [0.2, 0.25) is 0 Å². The third-order valence-electron chi connectivity index (χ3n) is 4.69. The van der Waals surface area contributed by atoms with Crippen molar-refractivity contribution < 1.29 is 4.79 Å². The van der Waals surface area contributed by atoms with Crippen LogP contribution in [0.15, 0.2) is 90.5 Å². The van der Waals surface area contributed by atoms with Crippen LogP contribution in [-0.4, -0.2) is 5.78 Å². The average Bonchev–Trinajstić information content (AvgIpc) is 3.06.